The maximum absolute atomic E-state index is 13.2. The molecule has 4 rings (SSSR count). The highest BCUT2D eigenvalue weighted by Crippen LogP contribution is 2.25. The molecule has 0 aliphatic carbocycles. The predicted octanol–water partition coefficient (Wildman–Crippen LogP) is 4.38. The molecule has 34 heavy (non-hydrogen) atoms. The maximum Gasteiger partial charge on any atom is 0.255 e. The van der Waals surface area contributed by atoms with Crippen molar-refractivity contribution in [3.05, 3.63) is 59.7 Å². The molecule has 0 spiro atoms. The van der Waals surface area contributed by atoms with Crippen molar-refractivity contribution in [1.82, 2.24) is 9.21 Å². The summed E-state index contributed by atoms with van der Waals surface area (Å²) in [5.74, 6) is -0.0189. The molecule has 2 aliphatic heterocycles. The molecule has 0 unspecified atom stereocenters. The van der Waals surface area contributed by atoms with Crippen molar-refractivity contribution in [2.45, 2.75) is 50.3 Å². The number of anilines is 1. The number of rotatable bonds is 5. The van der Waals surface area contributed by atoms with E-state index >= 15 is 0 Å². The van der Waals surface area contributed by atoms with Crippen molar-refractivity contribution < 1.29 is 18.0 Å². The van der Waals surface area contributed by atoms with E-state index in [1.807, 2.05) is 4.90 Å². The van der Waals surface area contributed by atoms with E-state index in [0.717, 1.165) is 51.6 Å². The molecule has 2 fully saturated rings. The Balaban J connectivity index is 1.52. The van der Waals surface area contributed by atoms with Crippen LogP contribution in [0.2, 0.25) is 0 Å². The first-order valence-electron chi connectivity index (χ1n) is 12.2. The number of hydrogen-bond acceptors (Lipinski definition) is 4. The highest BCUT2D eigenvalue weighted by molar-refractivity contribution is 7.89. The van der Waals surface area contributed by atoms with Crippen LogP contribution in [0.1, 0.15) is 66.2 Å². The van der Waals surface area contributed by atoms with Crippen molar-refractivity contribution in [2.75, 3.05) is 31.5 Å². The van der Waals surface area contributed by atoms with E-state index in [0.29, 0.717) is 30.3 Å². The number of amides is 2. The van der Waals surface area contributed by atoms with Gasteiger partial charge >= 0.3 is 0 Å². The van der Waals surface area contributed by atoms with Crippen molar-refractivity contribution in [3.8, 4) is 0 Å². The van der Waals surface area contributed by atoms with Crippen LogP contribution in [0.5, 0.6) is 0 Å². The van der Waals surface area contributed by atoms with Gasteiger partial charge in [0.25, 0.3) is 11.8 Å². The zero-order valence-electron chi connectivity index (χ0n) is 19.7. The van der Waals surface area contributed by atoms with Gasteiger partial charge in [-0.05, 0) is 61.9 Å². The van der Waals surface area contributed by atoms with Gasteiger partial charge in [-0.25, -0.2) is 8.42 Å². The molecule has 0 atom stereocenters. The Morgan fingerprint density at radius 1 is 0.882 bits per heavy atom. The summed E-state index contributed by atoms with van der Waals surface area (Å²) < 4.78 is 27.7. The largest absolute Gasteiger partial charge is 0.339 e. The molecular weight excluding hydrogens is 450 g/mol. The van der Waals surface area contributed by atoms with E-state index in [1.54, 1.807) is 36.4 Å². The number of nitrogens with one attached hydrogen (secondary N) is 1. The zero-order chi connectivity index (χ0) is 24.1. The van der Waals surface area contributed by atoms with Crippen LogP contribution in [0, 0.1) is 5.92 Å². The standard InChI is InChI=1S/C26H33N3O4S/c1-20-13-17-29(18-14-20)34(32,33)22-10-8-9-21(19-22)25(30)27-24-12-5-4-11-23(24)26(31)28-15-6-2-3-7-16-28/h4-5,8-12,19-20H,2-3,6-7,13-18H2,1H3,(H,27,30). The number of sulfonamides is 1. The summed E-state index contributed by atoms with van der Waals surface area (Å²) in [6.07, 6.45) is 5.88. The molecular formula is C26H33N3O4S. The van der Waals surface area contributed by atoms with Gasteiger partial charge in [0.05, 0.1) is 16.1 Å². The number of benzene rings is 2. The number of likely N-dealkylation sites (tertiary alicyclic amines) is 1. The molecule has 2 aromatic carbocycles. The third-order valence-electron chi connectivity index (χ3n) is 6.78. The van der Waals surface area contributed by atoms with Crippen LogP contribution in [-0.4, -0.2) is 55.6 Å². The molecule has 2 saturated heterocycles. The third kappa shape index (κ3) is 5.50. The number of para-hydroxylation sites is 1. The van der Waals surface area contributed by atoms with Gasteiger partial charge in [0.15, 0.2) is 0 Å². The van der Waals surface area contributed by atoms with Crippen molar-refractivity contribution >= 4 is 27.5 Å². The number of carbonyl (C=O) groups excluding carboxylic acids is 2. The van der Waals surface area contributed by atoms with Gasteiger partial charge in [0, 0.05) is 31.7 Å². The fourth-order valence-corrected chi connectivity index (χ4v) is 6.11. The second kappa shape index (κ2) is 10.7. The molecule has 7 nitrogen and oxygen atoms in total. The van der Waals surface area contributed by atoms with Crippen LogP contribution in [0.4, 0.5) is 5.69 Å². The molecule has 8 heteroatoms. The van der Waals surface area contributed by atoms with Gasteiger partial charge in [-0.3, -0.25) is 9.59 Å². The molecule has 2 amide bonds. The molecule has 2 aliphatic rings. The van der Waals surface area contributed by atoms with Crippen LogP contribution in [-0.2, 0) is 10.0 Å². The molecule has 0 aromatic heterocycles. The van der Waals surface area contributed by atoms with Crippen molar-refractivity contribution in [2.24, 2.45) is 5.92 Å². The first-order chi connectivity index (χ1) is 16.4. The minimum atomic E-state index is -3.66. The van der Waals surface area contributed by atoms with Crippen LogP contribution in [0.3, 0.4) is 0 Å². The highest BCUT2D eigenvalue weighted by Gasteiger charge is 2.28. The van der Waals surface area contributed by atoms with E-state index in [4.69, 9.17) is 0 Å². The van der Waals surface area contributed by atoms with Crippen LogP contribution < -0.4 is 5.32 Å². The maximum atomic E-state index is 13.2. The minimum Gasteiger partial charge on any atom is -0.339 e. The van der Waals surface area contributed by atoms with Crippen molar-refractivity contribution in [1.29, 1.82) is 0 Å². The fraction of sp³-hybridized carbons (Fsp3) is 0.462. The van der Waals surface area contributed by atoms with E-state index in [9.17, 15) is 18.0 Å². The van der Waals surface area contributed by atoms with E-state index in [-0.39, 0.29) is 16.4 Å². The second-order valence-electron chi connectivity index (χ2n) is 9.32. The smallest absolute Gasteiger partial charge is 0.255 e. The summed E-state index contributed by atoms with van der Waals surface area (Å²) in [6.45, 7) is 4.55. The quantitative estimate of drug-likeness (QED) is 0.684. The summed E-state index contributed by atoms with van der Waals surface area (Å²) in [6, 6.07) is 13.1. The molecule has 2 heterocycles. The first kappa shape index (κ1) is 24.4. The summed E-state index contributed by atoms with van der Waals surface area (Å²) in [4.78, 5) is 28.2. The number of hydrogen-bond donors (Lipinski definition) is 1. The van der Waals surface area contributed by atoms with E-state index in [1.165, 1.54) is 16.4 Å². The summed E-state index contributed by atoms with van der Waals surface area (Å²) in [7, 11) is -3.66. The summed E-state index contributed by atoms with van der Waals surface area (Å²) >= 11 is 0. The average Bonchev–Trinajstić information content (AvgIpc) is 3.14. The molecule has 0 bridgehead atoms. The Bertz CT molecular complexity index is 1130. The lowest BCUT2D eigenvalue weighted by molar-refractivity contribution is 0.0762. The molecule has 0 radical (unpaired) electrons. The Morgan fingerprint density at radius 3 is 2.26 bits per heavy atom. The Morgan fingerprint density at radius 2 is 1.56 bits per heavy atom. The SMILES string of the molecule is CC1CCN(S(=O)(=O)c2cccc(C(=O)Nc3ccccc3C(=O)N3CCCCCC3)c2)CC1. The molecule has 1 N–H and O–H groups in total. The first-order valence-corrected chi connectivity index (χ1v) is 13.6. The van der Waals surface area contributed by atoms with Crippen LogP contribution in [0.15, 0.2) is 53.4 Å². The second-order valence-corrected chi connectivity index (χ2v) is 11.3. The highest BCUT2D eigenvalue weighted by atomic mass is 32.2. The van der Waals surface area contributed by atoms with Gasteiger partial charge in [0.1, 0.15) is 0 Å². The normalized spacial score (nSPS) is 18.3. The number of piperidine rings is 1. The van der Waals surface area contributed by atoms with Gasteiger partial charge < -0.3 is 10.2 Å². The Kier molecular flexibility index (Phi) is 7.68. The monoisotopic (exact) mass is 483 g/mol. The average molecular weight is 484 g/mol. The predicted molar refractivity (Wildman–Crippen MR) is 132 cm³/mol. The van der Waals surface area contributed by atoms with Gasteiger partial charge in [0.2, 0.25) is 10.0 Å². The summed E-state index contributed by atoms with van der Waals surface area (Å²) in [5, 5.41) is 2.83. The van der Waals surface area contributed by atoms with Gasteiger partial charge in [-0.2, -0.15) is 4.31 Å². The number of carbonyl (C=O) groups is 2. The van der Waals surface area contributed by atoms with E-state index < -0.39 is 15.9 Å². The lowest BCUT2D eigenvalue weighted by atomic mass is 10.0. The van der Waals surface area contributed by atoms with E-state index in [2.05, 4.69) is 12.2 Å². The molecule has 2 aromatic rings. The minimum absolute atomic E-state index is 0.0894. The van der Waals surface area contributed by atoms with Gasteiger partial charge in [-0.1, -0.05) is 38.0 Å². The lowest BCUT2D eigenvalue weighted by Crippen LogP contribution is -2.37. The Labute approximate surface area is 202 Å². The Hall–Kier alpha value is -2.71. The lowest BCUT2D eigenvalue weighted by Gasteiger charge is -2.29. The summed E-state index contributed by atoms with van der Waals surface area (Å²) in [5.41, 5.74) is 1.12. The van der Waals surface area contributed by atoms with Gasteiger partial charge in [-0.15, -0.1) is 0 Å². The molecule has 0 saturated carbocycles. The zero-order valence-corrected chi connectivity index (χ0v) is 20.5. The van der Waals surface area contributed by atoms with Crippen LogP contribution >= 0.6 is 0 Å². The van der Waals surface area contributed by atoms with Crippen molar-refractivity contribution in [3.63, 3.8) is 0 Å². The fourth-order valence-electron chi connectivity index (χ4n) is 4.59. The third-order valence-corrected chi connectivity index (χ3v) is 8.67. The number of nitrogens with zero attached hydrogens (tertiary/aromatic N) is 2. The molecule has 182 valence electrons. The van der Waals surface area contributed by atoms with Crippen LogP contribution in [0.25, 0.3) is 0 Å². The topological polar surface area (TPSA) is 86.8 Å².